The first-order valence-electron chi connectivity index (χ1n) is 6.20. The van der Waals surface area contributed by atoms with Gasteiger partial charge >= 0.3 is 0 Å². The number of para-hydroxylation sites is 1. The van der Waals surface area contributed by atoms with E-state index in [2.05, 4.69) is 10.3 Å². The van der Waals surface area contributed by atoms with Crippen LogP contribution in [0.25, 0.3) is 10.2 Å². The fourth-order valence-corrected chi connectivity index (χ4v) is 3.06. The van der Waals surface area contributed by atoms with Gasteiger partial charge in [-0.05, 0) is 37.3 Å². The van der Waals surface area contributed by atoms with Crippen LogP contribution in [0.3, 0.4) is 0 Å². The summed E-state index contributed by atoms with van der Waals surface area (Å²) in [5.74, 6) is -0.423. The van der Waals surface area contributed by atoms with Gasteiger partial charge in [-0.1, -0.05) is 23.7 Å². The van der Waals surface area contributed by atoms with E-state index in [1.807, 2.05) is 31.2 Å². The molecule has 3 rings (SSSR count). The van der Waals surface area contributed by atoms with E-state index in [1.54, 1.807) is 23.5 Å². The molecule has 1 heterocycles. The van der Waals surface area contributed by atoms with Crippen LogP contribution >= 0.6 is 22.9 Å². The monoisotopic (exact) mass is 306 g/mol. The highest BCUT2D eigenvalue weighted by Crippen LogP contribution is 2.29. The van der Waals surface area contributed by atoms with Crippen LogP contribution in [-0.4, -0.2) is 4.98 Å². The van der Waals surface area contributed by atoms with Crippen LogP contribution in [0.2, 0.25) is 5.02 Å². The molecule has 20 heavy (non-hydrogen) atoms. The lowest BCUT2D eigenvalue weighted by Crippen LogP contribution is -2.06. The summed E-state index contributed by atoms with van der Waals surface area (Å²) < 4.78 is 14.6. The topological polar surface area (TPSA) is 24.9 Å². The molecule has 1 atom stereocenters. The van der Waals surface area contributed by atoms with Gasteiger partial charge in [-0.25, -0.2) is 9.37 Å². The summed E-state index contributed by atoms with van der Waals surface area (Å²) in [6, 6.07) is 12.7. The molecule has 102 valence electrons. The zero-order valence-corrected chi connectivity index (χ0v) is 12.3. The van der Waals surface area contributed by atoms with Crippen molar-refractivity contribution in [3.8, 4) is 0 Å². The lowest BCUT2D eigenvalue weighted by Gasteiger charge is -2.12. The molecule has 0 radical (unpaired) electrons. The molecule has 0 saturated carbocycles. The first kappa shape index (κ1) is 13.3. The summed E-state index contributed by atoms with van der Waals surface area (Å²) in [4.78, 5) is 4.58. The predicted octanol–water partition coefficient (Wildman–Crippen LogP) is 5.26. The Kier molecular flexibility index (Phi) is 3.59. The average Bonchev–Trinajstić information content (AvgIpc) is 2.87. The summed E-state index contributed by atoms with van der Waals surface area (Å²) in [6.45, 7) is 2.00. The van der Waals surface area contributed by atoms with Gasteiger partial charge in [-0.15, -0.1) is 11.3 Å². The molecule has 3 aromatic rings. The van der Waals surface area contributed by atoms with Gasteiger partial charge < -0.3 is 5.32 Å². The Morgan fingerprint density at radius 3 is 2.80 bits per heavy atom. The zero-order chi connectivity index (χ0) is 14.1. The number of benzene rings is 2. The van der Waals surface area contributed by atoms with Crippen molar-refractivity contribution in [2.24, 2.45) is 0 Å². The SMILES string of the molecule is CC(Nc1ccc(Cl)c(F)c1)c1nc2ccccc2s1. The highest BCUT2D eigenvalue weighted by Gasteiger charge is 2.12. The van der Waals surface area contributed by atoms with Gasteiger partial charge in [0.2, 0.25) is 0 Å². The first-order chi connectivity index (χ1) is 9.63. The molecular weight excluding hydrogens is 295 g/mol. The molecule has 0 bridgehead atoms. The Labute approximate surface area is 125 Å². The van der Waals surface area contributed by atoms with Crippen LogP contribution in [0.1, 0.15) is 18.0 Å². The lowest BCUT2D eigenvalue weighted by molar-refractivity contribution is 0.628. The Bertz CT molecular complexity index is 723. The highest BCUT2D eigenvalue weighted by molar-refractivity contribution is 7.18. The number of rotatable bonds is 3. The minimum atomic E-state index is -0.423. The van der Waals surface area contributed by atoms with Crippen molar-refractivity contribution in [3.05, 3.63) is 58.3 Å². The minimum Gasteiger partial charge on any atom is -0.376 e. The highest BCUT2D eigenvalue weighted by atomic mass is 35.5. The summed E-state index contributed by atoms with van der Waals surface area (Å²) in [5.41, 5.74) is 1.68. The van der Waals surface area contributed by atoms with Gasteiger partial charge in [0.25, 0.3) is 0 Å². The van der Waals surface area contributed by atoms with E-state index in [4.69, 9.17) is 11.6 Å². The average molecular weight is 307 g/mol. The molecule has 0 aliphatic heterocycles. The lowest BCUT2D eigenvalue weighted by atomic mass is 10.2. The van der Waals surface area contributed by atoms with Crippen molar-refractivity contribution in [1.82, 2.24) is 4.98 Å². The molecular formula is C15H12ClFN2S. The number of nitrogens with one attached hydrogen (secondary N) is 1. The van der Waals surface area contributed by atoms with Crippen molar-refractivity contribution in [1.29, 1.82) is 0 Å². The summed E-state index contributed by atoms with van der Waals surface area (Å²) in [7, 11) is 0. The maximum atomic E-state index is 13.4. The number of anilines is 1. The first-order valence-corrected chi connectivity index (χ1v) is 7.40. The molecule has 2 aromatic carbocycles. The quantitative estimate of drug-likeness (QED) is 0.713. The Hall–Kier alpha value is -1.65. The van der Waals surface area contributed by atoms with Crippen LogP contribution < -0.4 is 5.32 Å². The standard InChI is InChI=1S/C15H12ClFN2S/c1-9(18-10-6-7-11(16)12(17)8-10)15-19-13-4-2-3-5-14(13)20-15/h2-9,18H,1H3. The molecule has 0 saturated heterocycles. The van der Waals surface area contributed by atoms with E-state index < -0.39 is 5.82 Å². The number of thiazole rings is 1. The summed E-state index contributed by atoms with van der Waals surface area (Å²) in [5, 5.41) is 4.34. The second-order valence-corrected chi connectivity index (χ2v) is 5.98. The maximum Gasteiger partial charge on any atom is 0.143 e. The fraction of sp³-hybridized carbons (Fsp3) is 0.133. The normalized spacial score (nSPS) is 12.6. The van der Waals surface area contributed by atoms with E-state index in [-0.39, 0.29) is 11.1 Å². The van der Waals surface area contributed by atoms with E-state index in [0.29, 0.717) is 5.69 Å². The van der Waals surface area contributed by atoms with Gasteiger partial charge in [0.15, 0.2) is 0 Å². The molecule has 1 aromatic heterocycles. The fourth-order valence-electron chi connectivity index (χ4n) is 1.97. The van der Waals surface area contributed by atoms with E-state index >= 15 is 0 Å². The van der Waals surface area contributed by atoms with Crippen LogP contribution in [-0.2, 0) is 0 Å². The van der Waals surface area contributed by atoms with Gasteiger partial charge in [-0.2, -0.15) is 0 Å². The Morgan fingerprint density at radius 1 is 1.25 bits per heavy atom. The number of fused-ring (bicyclic) bond motifs is 1. The van der Waals surface area contributed by atoms with Crippen molar-refractivity contribution in [2.45, 2.75) is 13.0 Å². The van der Waals surface area contributed by atoms with E-state index in [0.717, 1.165) is 15.2 Å². The molecule has 0 aliphatic carbocycles. The smallest absolute Gasteiger partial charge is 0.143 e. The predicted molar refractivity (Wildman–Crippen MR) is 83.1 cm³/mol. The molecule has 0 amide bonds. The van der Waals surface area contributed by atoms with Gasteiger partial charge in [0.1, 0.15) is 10.8 Å². The molecule has 0 spiro atoms. The number of halogens is 2. The zero-order valence-electron chi connectivity index (χ0n) is 10.7. The third-order valence-electron chi connectivity index (χ3n) is 2.98. The van der Waals surface area contributed by atoms with Crippen molar-refractivity contribution >= 4 is 38.8 Å². The van der Waals surface area contributed by atoms with Gasteiger partial charge in [-0.3, -0.25) is 0 Å². The molecule has 1 unspecified atom stereocenters. The van der Waals surface area contributed by atoms with Gasteiger partial charge in [0, 0.05) is 5.69 Å². The largest absolute Gasteiger partial charge is 0.376 e. The molecule has 1 N–H and O–H groups in total. The van der Waals surface area contributed by atoms with E-state index in [9.17, 15) is 4.39 Å². The number of nitrogens with zero attached hydrogens (tertiary/aromatic N) is 1. The van der Waals surface area contributed by atoms with Crippen LogP contribution in [0.4, 0.5) is 10.1 Å². The molecule has 2 nitrogen and oxygen atoms in total. The Morgan fingerprint density at radius 2 is 2.05 bits per heavy atom. The summed E-state index contributed by atoms with van der Waals surface area (Å²) >= 11 is 7.31. The van der Waals surface area contributed by atoms with Crippen molar-refractivity contribution in [2.75, 3.05) is 5.32 Å². The summed E-state index contributed by atoms with van der Waals surface area (Å²) in [6.07, 6.45) is 0. The third kappa shape index (κ3) is 2.62. The molecule has 0 aliphatic rings. The molecule has 0 fully saturated rings. The van der Waals surface area contributed by atoms with Crippen LogP contribution in [0.15, 0.2) is 42.5 Å². The Balaban J connectivity index is 1.84. The van der Waals surface area contributed by atoms with Crippen LogP contribution in [0, 0.1) is 5.82 Å². The third-order valence-corrected chi connectivity index (χ3v) is 4.51. The minimum absolute atomic E-state index is 0.00738. The number of hydrogen-bond acceptors (Lipinski definition) is 3. The molecule has 5 heteroatoms. The number of hydrogen-bond donors (Lipinski definition) is 1. The van der Waals surface area contributed by atoms with Crippen molar-refractivity contribution < 1.29 is 4.39 Å². The van der Waals surface area contributed by atoms with Crippen LogP contribution in [0.5, 0.6) is 0 Å². The second kappa shape index (κ2) is 5.38. The van der Waals surface area contributed by atoms with Crippen molar-refractivity contribution in [3.63, 3.8) is 0 Å². The van der Waals surface area contributed by atoms with E-state index in [1.165, 1.54) is 6.07 Å². The number of aromatic nitrogens is 1. The van der Waals surface area contributed by atoms with Gasteiger partial charge in [0.05, 0.1) is 21.3 Å². The second-order valence-electron chi connectivity index (χ2n) is 4.51. The maximum absolute atomic E-state index is 13.4.